The summed E-state index contributed by atoms with van der Waals surface area (Å²) in [6, 6.07) is 0. The minimum atomic E-state index is 0.581. The zero-order chi connectivity index (χ0) is 11.4. The van der Waals surface area contributed by atoms with E-state index in [1.807, 2.05) is 0 Å². The molecule has 0 N–H and O–H groups in total. The summed E-state index contributed by atoms with van der Waals surface area (Å²) in [6.07, 6.45) is 8.47. The predicted octanol–water partition coefficient (Wildman–Crippen LogP) is 3.98. The van der Waals surface area contributed by atoms with Gasteiger partial charge in [0.25, 0.3) is 0 Å². The lowest BCUT2D eigenvalue weighted by Crippen LogP contribution is -2.65. The van der Waals surface area contributed by atoms with Crippen molar-refractivity contribution in [1.29, 1.82) is 0 Å². The SMILES string of the molecule is CCCC1(C)CCCC[N+]1(CC)CCC. The molecule has 2 atom stereocenters. The molecule has 1 nitrogen and oxygen atoms in total. The van der Waals surface area contributed by atoms with Gasteiger partial charge in [0.2, 0.25) is 0 Å². The van der Waals surface area contributed by atoms with Crippen LogP contribution in [-0.2, 0) is 0 Å². The normalized spacial score (nSPS) is 36.8. The van der Waals surface area contributed by atoms with Crippen LogP contribution >= 0.6 is 0 Å². The predicted molar refractivity (Wildman–Crippen MR) is 68.0 cm³/mol. The fourth-order valence-electron chi connectivity index (χ4n) is 3.84. The average molecular weight is 212 g/mol. The molecule has 2 unspecified atom stereocenters. The third kappa shape index (κ3) is 2.38. The quantitative estimate of drug-likeness (QED) is 0.605. The molecule has 15 heavy (non-hydrogen) atoms. The van der Waals surface area contributed by atoms with Crippen LogP contribution in [-0.4, -0.2) is 29.7 Å². The van der Waals surface area contributed by atoms with Crippen molar-refractivity contribution in [3.8, 4) is 0 Å². The Morgan fingerprint density at radius 3 is 2.33 bits per heavy atom. The number of quaternary nitrogens is 1. The molecular formula is C14H30N+. The monoisotopic (exact) mass is 212 g/mol. The van der Waals surface area contributed by atoms with E-state index in [2.05, 4.69) is 27.7 Å². The van der Waals surface area contributed by atoms with Crippen molar-refractivity contribution < 1.29 is 4.48 Å². The van der Waals surface area contributed by atoms with E-state index >= 15 is 0 Å². The molecule has 1 heterocycles. The molecule has 0 aromatic rings. The Labute approximate surface area is 96.4 Å². The molecule has 0 aromatic carbocycles. The van der Waals surface area contributed by atoms with Gasteiger partial charge in [-0.2, -0.15) is 0 Å². The number of hydrogen-bond acceptors (Lipinski definition) is 0. The second kappa shape index (κ2) is 5.34. The lowest BCUT2D eigenvalue weighted by atomic mass is 9.81. The van der Waals surface area contributed by atoms with E-state index in [1.165, 1.54) is 62.6 Å². The summed E-state index contributed by atoms with van der Waals surface area (Å²) < 4.78 is 1.40. The highest BCUT2D eigenvalue weighted by Gasteiger charge is 2.46. The fourth-order valence-corrected chi connectivity index (χ4v) is 3.84. The third-order valence-corrected chi connectivity index (χ3v) is 4.74. The van der Waals surface area contributed by atoms with Crippen LogP contribution in [0.2, 0.25) is 0 Å². The van der Waals surface area contributed by atoms with Crippen LogP contribution in [0.4, 0.5) is 0 Å². The first kappa shape index (κ1) is 13.0. The Bertz CT molecular complexity index is 182. The molecule has 1 rings (SSSR count). The molecule has 1 heteroatoms. The second-order valence-electron chi connectivity index (χ2n) is 5.61. The van der Waals surface area contributed by atoms with Gasteiger partial charge < -0.3 is 4.48 Å². The standard InChI is InChI=1S/C14H30N/c1-5-10-14(4)11-8-9-13-15(14,7-3)12-6-2/h5-13H2,1-4H3/q+1. The van der Waals surface area contributed by atoms with Crippen molar-refractivity contribution in [2.24, 2.45) is 0 Å². The zero-order valence-corrected chi connectivity index (χ0v) is 11.3. The van der Waals surface area contributed by atoms with E-state index in [9.17, 15) is 0 Å². The number of likely N-dealkylation sites (tertiary alicyclic amines) is 1. The molecule has 1 aliphatic heterocycles. The van der Waals surface area contributed by atoms with Crippen LogP contribution in [0.15, 0.2) is 0 Å². The van der Waals surface area contributed by atoms with Crippen molar-refractivity contribution >= 4 is 0 Å². The van der Waals surface area contributed by atoms with E-state index in [4.69, 9.17) is 0 Å². The molecule has 0 spiro atoms. The number of hydrogen-bond donors (Lipinski definition) is 0. The maximum absolute atomic E-state index is 2.55. The maximum Gasteiger partial charge on any atom is 0.0963 e. The minimum Gasteiger partial charge on any atom is -0.319 e. The molecule has 1 saturated heterocycles. The van der Waals surface area contributed by atoms with Crippen molar-refractivity contribution in [2.75, 3.05) is 19.6 Å². The van der Waals surface area contributed by atoms with Crippen LogP contribution in [0.25, 0.3) is 0 Å². The lowest BCUT2D eigenvalue weighted by molar-refractivity contribution is -0.978. The minimum absolute atomic E-state index is 0.581. The second-order valence-corrected chi connectivity index (χ2v) is 5.61. The first-order chi connectivity index (χ1) is 7.14. The van der Waals surface area contributed by atoms with Gasteiger partial charge >= 0.3 is 0 Å². The molecule has 0 aromatic heterocycles. The van der Waals surface area contributed by atoms with Crippen LogP contribution < -0.4 is 0 Å². The first-order valence-electron chi connectivity index (χ1n) is 7.00. The Hall–Kier alpha value is -0.0400. The Balaban J connectivity index is 2.86. The molecule has 1 fully saturated rings. The summed E-state index contributed by atoms with van der Waals surface area (Å²) in [5, 5.41) is 0. The molecule has 1 aliphatic rings. The van der Waals surface area contributed by atoms with E-state index < -0.39 is 0 Å². The van der Waals surface area contributed by atoms with Gasteiger partial charge in [0.1, 0.15) is 0 Å². The lowest BCUT2D eigenvalue weighted by Gasteiger charge is -2.54. The van der Waals surface area contributed by atoms with Crippen molar-refractivity contribution in [2.45, 2.75) is 71.8 Å². The van der Waals surface area contributed by atoms with Crippen LogP contribution in [0.3, 0.4) is 0 Å². The summed E-state index contributed by atoms with van der Waals surface area (Å²) in [6.45, 7) is 13.8. The van der Waals surface area contributed by atoms with Gasteiger partial charge in [-0.05, 0) is 33.1 Å². The average Bonchev–Trinajstić information content (AvgIpc) is 2.22. The van der Waals surface area contributed by atoms with Crippen molar-refractivity contribution in [3.05, 3.63) is 0 Å². The topological polar surface area (TPSA) is 0 Å². The fraction of sp³-hybridized carbons (Fsp3) is 1.00. The van der Waals surface area contributed by atoms with Crippen LogP contribution in [0.1, 0.15) is 66.2 Å². The van der Waals surface area contributed by atoms with Crippen molar-refractivity contribution in [1.82, 2.24) is 0 Å². The first-order valence-corrected chi connectivity index (χ1v) is 7.00. The van der Waals surface area contributed by atoms with Gasteiger partial charge in [0.05, 0.1) is 25.2 Å². The molecule has 90 valence electrons. The molecule has 0 bridgehead atoms. The smallest absolute Gasteiger partial charge is 0.0963 e. The molecule has 0 saturated carbocycles. The van der Waals surface area contributed by atoms with Gasteiger partial charge in [-0.1, -0.05) is 20.3 Å². The molecule has 0 aliphatic carbocycles. The van der Waals surface area contributed by atoms with Gasteiger partial charge in [-0.3, -0.25) is 0 Å². The van der Waals surface area contributed by atoms with E-state index in [-0.39, 0.29) is 0 Å². The Morgan fingerprint density at radius 2 is 1.80 bits per heavy atom. The van der Waals surface area contributed by atoms with E-state index in [0.29, 0.717) is 5.54 Å². The van der Waals surface area contributed by atoms with Gasteiger partial charge in [-0.25, -0.2) is 0 Å². The Morgan fingerprint density at radius 1 is 1.07 bits per heavy atom. The Kier molecular flexibility index (Phi) is 4.64. The molecular weight excluding hydrogens is 182 g/mol. The number of nitrogens with zero attached hydrogens (tertiary/aromatic N) is 1. The number of rotatable bonds is 5. The van der Waals surface area contributed by atoms with Gasteiger partial charge in [0.15, 0.2) is 0 Å². The third-order valence-electron chi connectivity index (χ3n) is 4.74. The zero-order valence-electron chi connectivity index (χ0n) is 11.3. The van der Waals surface area contributed by atoms with Crippen LogP contribution in [0, 0.1) is 0 Å². The summed E-state index contributed by atoms with van der Waals surface area (Å²) in [5.74, 6) is 0. The van der Waals surface area contributed by atoms with Crippen molar-refractivity contribution in [3.63, 3.8) is 0 Å². The summed E-state index contributed by atoms with van der Waals surface area (Å²) >= 11 is 0. The number of piperidine rings is 1. The van der Waals surface area contributed by atoms with Gasteiger partial charge in [0, 0.05) is 12.8 Å². The maximum atomic E-state index is 2.55. The van der Waals surface area contributed by atoms with E-state index in [1.54, 1.807) is 0 Å². The summed E-state index contributed by atoms with van der Waals surface area (Å²) in [7, 11) is 0. The van der Waals surface area contributed by atoms with E-state index in [0.717, 1.165) is 0 Å². The molecule has 0 amide bonds. The summed E-state index contributed by atoms with van der Waals surface area (Å²) in [5.41, 5.74) is 0.581. The largest absolute Gasteiger partial charge is 0.319 e. The van der Waals surface area contributed by atoms with Gasteiger partial charge in [-0.15, -0.1) is 0 Å². The highest BCUT2D eigenvalue weighted by Crippen LogP contribution is 2.39. The van der Waals surface area contributed by atoms with Crippen LogP contribution in [0.5, 0.6) is 0 Å². The molecule has 0 radical (unpaired) electrons. The summed E-state index contributed by atoms with van der Waals surface area (Å²) in [4.78, 5) is 0. The highest BCUT2D eigenvalue weighted by atomic mass is 15.4. The highest BCUT2D eigenvalue weighted by molar-refractivity contribution is 4.80.